The van der Waals surface area contributed by atoms with Crippen LogP contribution >= 0.6 is 23.2 Å². The Bertz CT molecular complexity index is 1570. The molecule has 1 aromatic heterocycles. The van der Waals surface area contributed by atoms with Gasteiger partial charge in [0.2, 0.25) is 10.0 Å². The van der Waals surface area contributed by atoms with E-state index in [0.717, 1.165) is 38.8 Å². The zero-order valence-electron chi connectivity index (χ0n) is 21.5. The second-order valence-electron chi connectivity index (χ2n) is 10.2. The molecule has 1 atom stereocenters. The number of aromatic nitrogens is 1. The molecule has 10 nitrogen and oxygen atoms in total. The number of carbonyl (C=O) groups is 1. The standard InChI is InChI=1S/C27H30Cl2N4O6S/c28-24-6-3-19(11-25(24)29)39-18-7-9-33(10-8-18)15-17(34)13-30-27(36)23-14-31-26(35)22-12-20(4-5-21(22)23)40(37,38)32-16-1-2-16/h3-6,11-12,14,16-18,32,34H,1-2,7-10,13,15H2,(H,30,36)(H,31,35)/t17-/m1/s1. The van der Waals surface area contributed by atoms with E-state index in [1.165, 1.54) is 24.4 Å². The van der Waals surface area contributed by atoms with Crippen LogP contribution < -0.4 is 20.3 Å². The first kappa shape index (κ1) is 28.8. The summed E-state index contributed by atoms with van der Waals surface area (Å²) in [6, 6.07) is 9.22. The van der Waals surface area contributed by atoms with Gasteiger partial charge in [0.25, 0.3) is 11.5 Å². The Kier molecular flexibility index (Phi) is 8.69. The summed E-state index contributed by atoms with van der Waals surface area (Å²) in [6.45, 7) is 1.84. The van der Waals surface area contributed by atoms with Crippen molar-refractivity contribution in [1.29, 1.82) is 0 Å². The van der Waals surface area contributed by atoms with Crippen LogP contribution in [0, 0.1) is 0 Å². The number of sulfonamides is 1. The van der Waals surface area contributed by atoms with E-state index in [9.17, 15) is 23.1 Å². The summed E-state index contributed by atoms with van der Waals surface area (Å²) < 4.78 is 33.7. The summed E-state index contributed by atoms with van der Waals surface area (Å²) in [5, 5.41) is 14.6. The predicted molar refractivity (Wildman–Crippen MR) is 153 cm³/mol. The van der Waals surface area contributed by atoms with Crippen molar-refractivity contribution < 1.29 is 23.1 Å². The average molecular weight is 610 g/mol. The Labute approximate surface area is 241 Å². The summed E-state index contributed by atoms with van der Waals surface area (Å²) >= 11 is 12.0. The number of amides is 1. The molecule has 2 aliphatic rings. The highest BCUT2D eigenvalue weighted by Gasteiger charge is 2.28. The molecule has 4 N–H and O–H groups in total. The monoisotopic (exact) mass is 608 g/mol. The molecule has 40 heavy (non-hydrogen) atoms. The number of aromatic amines is 1. The van der Waals surface area contributed by atoms with E-state index < -0.39 is 27.6 Å². The molecule has 0 spiro atoms. The van der Waals surface area contributed by atoms with Crippen LogP contribution in [0.2, 0.25) is 10.0 Å². The van der Waals surface area contributed by atoms with Gasteiger partial charge >= 0.3 is 0 Å². The Hall–Kier alpha value is -2.67. The van der Waals surface area contributed by atoms with Crippen molar-refractivity contribution in [2.24, 2.45) is 0 Å². The lowest BCUT2D eigenvalue weighted by Crippen LogP contribution is -2.45. The molecule has 3 aromatic rings. The van der Waals surface area contributed by atoms with Gasteiger partial charge in [-0.3, -0.25) is 9.59 Å². The van der Waals surface area contributed by atoms with E-state index >= 15 is 0 Å². The lowest BCUT2D eigenvalue weighted by atomic mass is 10.1. The van der Waals surface area contributed by atoms with Crippen LogP contribution in [0.4, 0.5) is 0 Å². The smallest absolute Gasteiger partial charge is 0.255 e. The molecule has 214 valence electrons. The quantitative estimate of drug-likeness (QED) is 0.277. The number of pyridine rings is 1. The maximum absolute atomic E-state index is 12.9. The van der Waals surface area contributed by atoms with E-state index in [1.807, 2.05) is 0 Å². The number of nitrogens with one attached hydrogen (secondary N) is 3. The number of ether oxygens (including phenoxy) is 1. The maximum atomic E-state index is 12.9. The summed E-state index contributed by atoms with van der Waals surface area (Å²) in [5.41, 5.74) is -0.317. The number of fused-ring (bicyclic) bond motifs is 1. The van der Waals surface area contributed by atoms with Gasteiger partial charge in [-0.2, -0.15) is 0 Å². The van der Waals surface area contributed by atoms with Crippen LogP contribution in [0.3, 0.4) is 0 Å². The van der Waals surface area contributed by atoms with Crippen molar-refractivity contribution in [3.05, 3.63) is 68.6 Å². The molecule has 1 amide bonds. The van der Waals surface area contributed by atoms with Crippen molar-refractivity contribution >= 4 is 49.9 Å². The van der Waals surface area contributed by atoms with Gasteiger partial charge in [0.1, 0.15) is 11.9 Å². The normalized spacial score (nSPS) is 17.6. The third-order valence-corrected chi connectivity index (χ3v) is 9.28. The molecule has 0 unspecified atom stereocenters. The first-order valence-corrected chi connectivity index (χ1v) is 15.3. The van der Waals surface area contributed by atoms with Crippen LogP contribution in [0.25, 0.3) is 10.8 Å². The molecule has 2 fully saturated rings. The first-order valence-electron chi connectivity index (χ1n) is 13.1. The summed E-state index contributed by atoms with van der Waals surface area (Å²) in [7, 11) is -3.76. The number of hydrogen-bond acceptors (Lipinski definition) is 7. The molecule has 1 saturated carbocycles. The van der Waals surface area contributed by atoms with Gasteiger partial charge in [-0.05, 0) is 49.9 Å². The van der Waals surface area contributed by atoms with Crippen molar-refractivity contribution in [2.45, 2.75) is 48.8 Å². The highest BCUT2D eigenvalue weighted by molar-refractivity contribution is 7.89. The topological polar surface area (TPSA) is 141 Å². The molecule has 1 aliphatic heterocycles. The van der Waals surface area contributed by atoms with Gasteiger partial charge in [0.05, 0.1) is 26.6 Å². The number of aliphatic hydroxyl groups is 1. The van der Waals surface area contributed by atoms with Crippen LogP contribution in [-0.4, -0.2) is 73.7 Å². The number of carbonyl (C=O) groups excluding carboxylic acids is 1. The fourth-order valence-corrected chi connectivity index (χ4v) is 6.32. The number of hydrogen-bond donors (Lipinski definition) is 4. The fourth-order valence-electron chi connectivity index (χ4n) is 4.70. The van der Waals surface area contributed by atoms with Crippen LogP contribution in [0.5, 0.6) is 5.75 Å². The van der Waals surface area contributed by atoms with Crippen molar-refractivity contribution in [2.75, 3.05) is 26.2 Å². The molecule has 2 heterocycles. The van der Waals surface area contributed by atoms with Gasteiger partial charge in [-0.15, -0.1) is 0 Å². The summed E-state index contributed by atoms with van der Waals surface area (Å²) in [5.74, 6) is 0.180. The van der Waals surface area contributed by atoms with E-state index in [-0.39, 0.29) is 34.5 Å². The third kappa shape index (κ3) is 6.96. The number of H-pyrrole nitrogens is 1. The van der Waals surface area contributed by atoms with Crippen molar-refractivity contribution in [3.63, 3.8) is 0 Å². The number of nitrogens with zero attached hydrogens (tertiary/aromatic N) is 1. The van der Waals surface area contributed by atoms with E-state index in [4.69, 9.17) is 27.9 Å². The number of benzene rings is 2. The van der Waals surface area contributed by atoms with Gasteiger partial charge in [-0.25, -0.2) is 13.1 Å². The van der Waals surface area contributed by atoms with E-state index in [2.05, 4.69) is 19.9 Å². The average Bonchev–Trinajstić information content (AvgIpc) is 3.74. The zero-order chi connectivity index (χ0) is 28.4. The molecule has 1 aliphatic carbocycles. The van der Waals surface area contributed by atoms with Crippen LogP contribution in [-0.2, 0) is 10.0 Å². The van der Waals surface area contributed by atoms with E-state index in [0.29, 0.717) is 27.7 Å². The zero-order valence-corrected chi connectivity index (χ0v) is 23.9. The number of aliphatic hydroxyl groups excluding tert-OH is 1. The van der Waals surface area contributed by atoms with E-state index in [1.54, 1.807) is 18.2 Å². The molecule has 5 rings (SSSR count). The minimum atomic E-state index is -3.76. The molecule has 0 bridgehead atoms. The van der Waals surface area contributed by atoms with Crippen LogP contribution in [0.1, 0.15) is 36.0 Å². The second kappa shape index (κ2) is 12.1. The molecule has 13 heteroatoms. The lowest BCUT2D eigenvalue weighted by molar-refractivity contribution is 0.0594. The minimum Gasteiger partial charge on any atom is -0.490 e. The van der Waals surface area contributed by atoms with Crippen molar-refractivity contribution in [3.8, 4) is 5.75 Å². The molecule has 0 radical (unpaired) electrons. The molecular weight excluding hydrogens is 579 g/mol. The maximum Gasteiger partial charge on any atom is 0.255 e. The van der Waals surface area contributed by atoms with Gasteiger partial charge in [0.15, 0.2) is 0 Å². The van der Waals surface area contributed by atoms with Gasteiger partial charge < -0.3 is 25.0 Å². The highest BCUT2D eigenvalue weighted by atomic mass is 35.5. The van der Waals surface area contributed by atoms with Gasteiger partial charge in [0, 0.05) is 55.3 Å². The molecule has 1 saturated heterocycles. The second-order valence-corrected chi connectivity index (χ2v) is 12.7. The Morgan fingerprint density at radius 1 is 1.07 bits per heavy atom. The Morgan fingerprint density at radius 2 is 1.82 bits per heavy atom. The number of piperidine rings is 1. The molecular formula is C27H30Cl2N4O6S. The Balaban J connectivity index is 1.14. The number of β-amino-alcohol motifs (C(OH)–C–C–N with tert-alkyl or cyclic N) is 1. The minimum absolute atomic E-state index is 0.0108. The van der Waals surface area contributed by atoms with Crippen LogP contribution in [0.15, 0.2) is 52.3 Å². The lowest BCUT2D eigenvalue weighted by Gasteiger charge is -2.33. The number of likely N-dealkylation sites (tertiary alicyclic amines) is 1. The summed E-state index contributed by atoms with van der Waals surface area (Å²) in [4.78, 5) is 30.0. The molecule has 2 aromatic carbocycles. The first-order chi connectivity index (χ1) is 19.1. The predicted octanol–water partition coefficient (Wildman–Crippen LogP) is 2.91. The third-order valence-electron chi connectivity index (χ3n) is 7.02. The number of rotatable bonds is 10. The summed E-state index contributed by atoms with van der Waals surface area (Å²) in [6.07, 6.45) is 3.64. The van der Waals surface area contributed by atoms with Gasteiger partial charge in [-0.1, -0.05) is 29.3 Å². The van der Waals surface area contributed by atoms with Crippen molar-refractivity contribution in [1.82, 2.24) is 19.9 Å². The number of halogens is 2. The largest absolute Gasteiger partial charge is 0.490 e. The highest BCUT2D eigenvalue weighted by Crippen LogP contribution is 2.28. The Morgan fingerprint density at radius 3 is 2.52 bits per heavy atom. The SMILES string of the molecule is O=C(NC[C@@H](O)CN1CCC(Oc2ccc(Cl)c(Cl)c2)CC1)c1c[nH]c(=O)c2cc(S(=O)(=O)NC3CC3)ccc12. The fraction of sp³-hybridized carbons (Fsp3) is 0.407.